The molecule has 1 heterocycles. The van der Waals surface area contributed by atoms with E-state index < -0.39 is 0 Å². The highest BCUT2D eigenvalue weighted by Crippen LogP contribution is 2.27. The van der Waals surface area contributed by atoms with E-state index in [1.54, 1.807) is 0 Å². The highest BCUT2D eigenvalue weighted by Gasteiger charge is 2.31. The summed E-state index contributed by atoms with van der Waals surface area (Å²) in [5.74, 6) is 0.856. The van der Waals surface area contributed by atoms with Crippen LogP contribution in [0.15, 0.2) is 0 Å². The number of nitrogens with two attached hydrogens (primary N) is 1. The number of amides is 1. The Bertz CT molecular complexity index is 300. The number of rotatable bonds is 4. The van der Waals surface area contributed by atoms with Crippen molar-refractivity contribution in [3.63, 3.8) is 0 Å². The lowest BCUT2D eigenvalue weighted by Gasteiger charge is -2.27. The molecule has 0 spiro atoms. The first-order valence-corrected chi connectivity index (χ1v) is 7.78. The lowest BCUT2D eigenvalue weighted by Crippen LogP contribution is -2.45. The SMILES string of the molecule is CN(C)C1CCN(C(=O)C(N)CC2CCCCC2)C1. The van der Waals surface area contributed by atoms with Crippen LogP contribution in [0, 0.1) is 5.92 Å². The van der Waals surface area contributed by atoms with Gasteiger partial charge in [-0.3, -0.25) is 4.79 Å². The summed E-state index contributed by atoms with van der Waals surface area (Å²) in [6, 6.07) is 0.231. The van der Waals surface area contributed by atoms with Gasteiger partial charge in [0.1, 0.15) is 0 Å². The van der Waals surface area contributed by atoms with E-state index in [-0.39, 0.29) is 11.9 Å². The van der Waals surface area contributed by atoms with E-state index in [0.29, 0.717) is 12.0 Å². The summed E-state index contributed by atoms with van der Waals surface area (Å²) < 4.78 is 0. The van der Waals surface area contributed by atoms with E-state index in [2.05, 4.69) is 19.0 Å². The lowest BCUT2D eigenvalue weighted by molar-refractivity contribution is -0.132. The minimum Gasteiger partial charge on any atom is -0.340 e. The molecule has 110 valence electrons. The Balaban J connectivity index is 1.79. The van der Waals surface area contributed by atoms with Crippen LogP contribution < -0.4 is 5.73 Å². The van der Waals surface area contributed by atoms with E-state index in [9.17, 15) is 4.79 Å². The standard InChI is InChI=1S/C15H29N3O/c1-17(2)13-8-9-18(11-13)15(19)14(16)10-12-6-4-3-5-7-12/h12-14H,3-11,16H2,1-2H3. The fraction of sp³-hybridized carbons (Fsp3) is 0.933. The normalized spacial score (nSPS) is 26.9. The van der Waals surface area contributed by atoms with Crippen molar-refractivity contribution in [2.75, 3.05) is 27.2 Å². The van der Waals surface area contributed by atoms with Crippen LogP contribution in [0.2, 0.25) is 0 Å². The number of likely N-dealkylation sites (N-methyl/N-ethyl adjacent to an activating group) is 1. The molecule has 0 radical (unpaired) electrons. The third-order valence-electron chi connectivity index (χ3n) is 4.83. The van der Waals surface area contributed by atoms with Crippen molar-refractivity contribution in [3.8, 4) is 0 Å². The highest BCUT2D eigenvalue weighted by molar-refractivity contribution is 5.82. The van der Waals surface area contributed by atoms with E-state index >= 15 is 0 Å². The molecule has 0 bridgehead atoms. The van der Waals surface area contributed by atoms with Gasteiger partial charge < -0.3 is 15.5 Å². The third-order valence-corrected chi connectivity index (χ3v) is 4.83. The molecular weight excluding hydrogens is 238 g/mol. The van der Waals surface area contributed by atoms with Crippen LogP contribution in [0.4, 0.5) is 0 Å². The van der Waals surface area contributed by atoms with Crippen molar-refractivity contribution in [2.24, 2.45) is 11.7 Å². The zero-order valence-corrected chi connectivity index (χ0v) is 12.5. The van der Waals surface area contributed by atoms with Crippen molar-refractivity contribution in [2.45, 2.75) is 57.0 Å². The van der Waals surface area contributed by atoms with E-state index in [0.717, 1.165) is 25.9 Å². The van der Waals surface area contributed by atoms with Gasteiger partial charge in [0, 0.05) is 19.1 Å². The molecule has 1 aliphatic carbocycles. The second kappa shape index (κ2) is 6.71. The van der Waals surface area contributed by atoms with Gasteiger partial charge in [0.05, 0.1) is 6.04 Å². The average Bonchev–Trinajstić information content (AvgIpc) is 2.88. The average molecular weight is 267 g/mol. The van der Waals surface area contributed by atoms with Gasteiger partial charge in [-0.1, -0.05) is 32.1 Å². The number of carbonyl (C=O) groups is 1. The van der Waals surface area contributed by atoms with Gasteiger partial charge in [0.2, 0.25) is 5.91 Å². The summed E-state index contributed by atoms with van der Waals surface area (Å²) in [7, 11) is 4.17. The van der Waals surface area contributed by atoms with E-state index in [4.69, 9.17) is 5.73 Å². The molecule has 2 fully saturated rings. The Morgan fingerprint density at radius 1 is 1.26 bits per heavy atom. The Morgan fingerprint density at radius 3 is 2.53 bits per heavy atom. The Morgan fingerprint density at radius 2 is 1.95 bits per heavy atom. The molecule has 2 aliphatic rings. The predicted octanol–water partition coefficient (Wildman–Crippen LogP) is 1.45. The topological polar surface area (TPSA) is 49.6 Å². The second-order valence-electron chi connectivity index (χ2n) is 6.54. The van der Waals surface area contributed by atoms with Crippen LogP contribution in [0.3, 0.4) is 0 Å². The zero-order chi connectivity index (χ0) is 13.8. The van der Waals surface area contributed by atoms with Crippen LogP contribution in [0.1, 0.15) is 44.9 Å². The lowest BCUT2D eigenvalue weighted by atomic mass is 9.85. The van der Waals surface area contributed by atoms with E-state index in [1.807, 2.05) is 4.90 Å². The maximum atomic E-state index is 12.4. The smallest absolute Gasteiger partial charge is 0.239 e. The van der Waals surface area contributed by atoms with E-state index in [1.165, 1.54) is 32.1 Å². The summed E-state index contributed by atoms with van der Waals surface area (Å²) >= 11 is 0. The first-order valence-electron chi connectivity index (χ1n) is 7.78. The molecule has 0 aromatic rings. The first kappa shape index (κ1) is 14.8. The number of carbonyl (C=O) groups excluding carboxylic acids is 1. The van der Waals surface area contributed by atoms with Gasteiger partial charge in [0.15, 0.2) is 0 Å². The Labute approximate surface area is 117 Å². The minimum atomic E-state index is -0.274. The predicted molar refractivity (Wildman–Crippen MR) is 77.8 cm³/mol. The molecule has 2 N–H and O–H groups in total. The van der Waals surface area contributed by atoms with Gasteiger partial charge in [-0.25, -0.2) is 0 Å². The summed E-state index contributed by atoms with van der Waals surface area (Å²) in [5, 5.41) is 0. The molecule has 1 aliphatic heterocycles. The highest BCUT2D eigenvalue weighted by atomic mass is 16.2. The maximum Gasteiger partial charge on any atom is 0.239 e. The Hall–Kier alpha value is -0.610. The molecule has 0 aromatic heterocycles. The van der Waals surface area contributed by atoms with Gasteiger partial charge in [0.25, 0.3) is 0 Å². The van der Waals surface area contributed by atoms with Gasteiger partial charge in [-0.15, -0.1) is 0 Å². The van der Waals surface area contributed by atoms with Crippen molar-refractivity contribution >= 4 is 5.91 Å². The van der Waals surface area contributed by atoms with Crippen molar-refractivity contribution < 1.29 is 4.79 Å². The molecule has 0 aromatic carbocycles. The molecule has 4 nitrogen and oxygen atoms in total. The van der Waals surface area contributed by atoms with Gasteiger partial charge >= 0.3 is 0 Å². The van der Waals surface area contributed by atoms with Crippen LogP contribution in [-0.2, 0) is 4.79 Å². The molecule has 2 rings (SSSR count). The molecule has 1 saturated heterocycles. The molecule has 19 heavy (non-hydrogen) atoms. The quantitative estimate of drug-likeness (QED) is 0.838. The summed E-state index contributed by atoms with van der Waals surface area (Å²) in [4.78, 5) is 16.5. The fourth-order valence-corrected chi connectivity index (χ4v) is 3.48. The third kappa shape index (κ3) is 3.93. The van der Waals surface area contributed by atoms with Crippen LogP contribution in [0.25, 0.3) is 0 Å². The zero-order valence-electron chi connectivity index (χ0n) is 12.5. The molecule has 4 heteroatoms. The summed E-state index contributed by atoms with van der Waals surface area (Å²) in [6.45, 7) is 1.73. The van der Waals surface area contributed by atoms with Crippen molar-refractivity contribution in [1.82, 2.24) is 9.80 Å². The molecule has 2 unspecified atom stereocenters. The summed E-state index contributed by atoms with van der Waals surface area (Å²) in [5.41, 5.74) is 6.14. The number of hydrogen-bond donors (Lipinski definition) is 1. The molecule has 1 amide bonds. The van der Waals surface area contributed by atoms with Gasteiger partial charge in [-0.05, 0) is 32.9 Å². The van der Waals surface area contributed by atoms with Gasteiger partial charge in [-0.2, -0.15) is 0 Å². The molecule has 1 saturated carbocycles. The largest absolute Gasteiger partial charge is 0.340 e. The first-order chi connectivity index (χ1) is 9.08. The Kier molecular flexibility index (Phi) is 5.22. The van der Waals surface area contributed by atoms with Crippen LogP contribution in [-0.4, -0.2) is 55.0 Å². The monoisotopic (exact) mass is 267 g/mol. The minimum absolute atomic E-state index is 0.176. The number of likely N-dealkylation sites (tertiary alicyclic amines) is 1. The maximum absolute atomic E-state index is 12.4. The van der Waals surface area contributed by atoms with Crippen molar-refractivity contribution in [1.29, 1.82) is 0 Å². The number of nitrogens with zero attached hydrogens (tertiary/aromatic N) is 2. The van der Waals surface area contributed by atoms with Crippen molar-refractivity contribution in [3.05, 3.63) is 0 Å². The number of hydrogen-bond acceptors (Lipinski definition) is 3. The fourth-order valence-electron chi connectivity index (χ4n) is 3.48. The van der Waals surface area contributed by atoms with Crippen LogP contribution >= 0.6 is 0 Å². The second-order valence-corrected chi connectivity index (χ2v) is 6.54. The molecule has 2 atom stereocenters. The van der Waals surface area contributed by atoms with Crippen LogP contribution in [0.5, 0.6) is 0 Å². The summed E-state index contributed by atoms with van der Waals surface area (Å²) in [6.07, 6.45) is 8.49. The molecular formula is C15H29N3O.